The molecule has 2 aromatic rings. The number of likely N-dealkylation sites (tertiary alicyclic amines) is 1. The van der Waals surface area contributed by atoms with Gasteiger partial charge < -0.3 is 10.6 Å². The van der Waals surface area contributed by atoms with Crippen molar-refractivity contribution in [2.24, 2.45) is 11.7 Å². The predicted molar refractivity (Wildman–Crippen MR) is 93.5 cm³/mol. The van der Waals surface area contributed by atoms with E-state index in [2.05, 4.69) is 21.0 Å². The molecule has 2 N–H and O–H groups in total. The average Bonchev–Trinajstić information content (AvgIpc) is 2.96. The Bertz CT molecular complexity index is 729. The molecule has 1 aromatic carbocycles. The minimum Gasteiger partial charge on any atom is -0.337 e. The Morgan fingerprint density at radius 2 is 2.12 bits per heavy atom. The molecule has 1 aliphatic heterocycles. The van der Waals surface area contributed by atoms with Crippen molar-refractivity contribution in [3.05, 3.63) is 46.4 Å². The summed E-state index contributed by atoms with van der Waals surface area (Å²) >= 11 is 3.41. The summed E-state index contributed by atoms with van der Waals surface area (Å²) in [6, 6.07) is 6.04. The van der Waals surface area contributed by atoms with E-state index in [1.165, 1.54) is 12.1 Å². The number of aromatic nitrogens is 2. The number of nitrogens with two attached hydrogens (primary N) is 1. The number of rotatable bonds is 3. The van der Waals surface area contributed by atoms with Gasteiger partial charge in [0.05, 0.1) is 10.2 Å². The van der Waals surface area contributed by atoms with Gasteiger partial charge in [-0.05, 0) is 65.9 Å². The Morgan fingerprint density at radius 3 is 2.79 bits per heavy atom. The van der Waals surface area contributed by atoms with Crippen LogP contribution < -0.4 is 5.73 Å². The maximum atomic E-state index is 13.0. The lowest BCUT2D eigenvalue weighted by atomic mass is 9.92. The second kappa shape index (κ2) is 7.03. The number of benzene rings is 1. The fourth-order valence-corrected chi connectivity index (χ4v) is 3.44. The zero-order chi connectivity index (χ0) is 17.3. The van der Waals surface area contributed by atoms with Crippen LogP contribution in [-0.4, -0.2) is 39.7 Å². The first-order valence-corrected chi connectivity index (χ1v) is 8.81. The number of nitrogens with zero attached hydrogens (tertiary/aromatic N) is 3. The molecule has 7 heteroatoms. The van der Waals surface area contributed by atoms with E-state index in [0.29, 0.717) is 28.3 Å². The van der Waals surface area contributed by atoms with Crippen LogP contribution in [0, 0.1) is 11.7 Å². The highest BCUT2D eigenvalue weighted by molar-refractivity contribution is 9.10. The van der Waals surface area contributed by atoms with Crippen molar-refractivity contribution in [1.29, 1.82) is 0 Å². The molecule has 1 aliphatic rings. The highest BCUT2D eigenvalue weighted by Gasteiger charge is 2.29. The van der Waals surface area contributed by atoms with Crippen LogP contribution in [0.3, 0.4) is 0 Å². The molecule has 1 fully saturated rings. The molecule has 128 valence electrons. The highest BCUT2D eigenvalue weighted by atomic mass is 79.9. The van der Waals surface area contributed by atoms with Crippen LogP contribution >= 0.6 is 15.9 Å². The summed E-state index contributed by atoms with van der Waals surface area (Å²) in [6.07, 6.45) is 3.72. The van der Waals surface area contributed by atoms with E-state index < -0.39 is 0 Å². The van der Waals surface area contributed by atoms with Crippen LogP contribution in [-0.2, 0) is 0 Å². The first-order chi connectivity index (χ1) is 11.5. The molecule has 0 bridgehead atoms. The van der Waals surface area contributed by atoms with Gasteiger partial charge in [0.1, 0.15) is 5.82 Å². The Morgan fingerprint density at radius 1 is 1.42 bits per heavy atom. The van der Waals surface area contributed by atoms with Crippen LogP contribution in [0.15, 0.2) is 34.9 Å². The Balaban J connectivity index is 1.81. The van der Waals surface area contributed by atoms with Gasteiger partial charge in [0.15, 0.2) is 5.69 Å². The van der Waals surface area contributed by atoms with Crippen LogP contribution in [0.1, 0.15) is 30.3 Å². The second-order valence-corrected chi connectivity index (χ2v) is 7.11. The van der Waals surface area contributed by atoms with Crippen LogP contribution in [0.5, 0.6) is 0 Å². The summed E-state index contributed by atoms with van der Waals surface area (Å²) in [6.45, 7) is 3.36. The monoisotopic (exact) mass is 394 g/mol. The van der Waals surface area contributed by atoms with Gasteiger partial charge in [-0.2, -0.15) is 5.10 Å². The van der Waals surface area contributed by atoms with Gasteiger partial charge >= 0.3 is 0 Å². The van der Waals surface area contributed by atoms with Gasteiger partial charge in [0, 0.05) is 25.3 Å². The normalized spacial score (nSPS) is 19.3. The largest absolute Gasteiger partial charge is 0.337 e. The summed E-state index contributed by atoms with van der Waals surface area (Å²) in [5.74, 6) is -0.0923. The van der Waals surface area contributed by atoms with Crippen molar-refractivity contribution in [2.75, 3.05) is 13.1 Å². The lowest BCUT2D eigenvalue weighted by Crippen LogP contribution is -2.45. The third-order valence-corrected chi connectivity index (χ3v) is 5.03. The van der Waals surface area contributed by atoms with Crippen molar-refractivity contribution in [1.82, 2.24) is 14.7 Å². The molecule has 1 amide bonds. The molecule has 2 heterocycles. The number of carbonyl (C=O) groups is 1. The van der Waals surface area contributed by atoms with Gasteiger partial charge in [-0.15, -0.1) is 0 Å². The second-order valence-electron chi connectivity index (χ2n) is 6.26. The molecule has 3 rings (SSSR count). The quantitative estimate of drug-likeness (QED) is 0.869. The van der Waals surface area contributed by atoms with E-state index in [0.717, 1.165) is 19.4 Å². The van der Waals surface area contributed by atoms with Crippen LogP contribution in [0.2, 0.25) is 0 Å². The molecule has 0 aliphatic carbocycles. The van der Waals surface area contributed by atoms with Crippen molar-refractivity contribution < 1.29 is 9.18 Å². The van der Waals surface area contributed by atoms with Crippen molar-refractivity contribution in [3.8, 4) is 5.69 Å². The summed E-state index contributed by atoms with van der Waals surface area (Å²) in [7, 11) is 0. The smallest absolute Gasteiger partial charge is 0.275 e. The SMILES string of the molecule is CC(N)C1CCCN(C(=O)c2nn(-c3ccc(F)cc3)cc2Br)C1. The number of carbonyl (C=O) groups excluding carboxylic acids is 1. The van der Waals surface area contributed by atoms with Crippen LogP contribution in [0.4, 0.5) is 4.39 Å². The summed E-state index contributed by atoms with van der Waals surface area (Å²) in [4.78, 5) is 14.6. The average molecular weight is 395 g/mol. The van der Waals surface area contributed by atoms with Gasteiger partial charge in [0.2, 0.25) is 0 Å². The number of amides is 1. The maximum absolute atomic E-state index is 13.0. The molecule has 0 spiro atoms. The maximum Gasteiger partial charge on any atom is 0.275 e. The first-order valence-electron chi connectivity index (χ1n) is 8.01. The van der Waals surface area contributed by atoms with Gasteiger partial charge in [-0.1, -0.05) is 0 Å². The third kappa shape index (κ3) is 3.52. The van der Waals surface area contributed by atoms with Gasteiger partial charge in [0.25, 0.3) is 5.91 Å². The zero-order valence-electron chi connectivity index (χ0n) is 13.5. The minimum absolute atomic E-state index is 0.0702. The van der Waals surface area contributed by atoms with E-state index >= 15 is 0 Å². The van der Waals surface area contributed by atoms with Crippen molar-refractivity contribution in [3.63, 3.8) is 0 Å². The van der Waals surface area contributed by atoms with E-state index in [4.69, 9.17) is 5.73 Å². The molecule has 2 unspecified atom stereocenters. The molecular weight excluding hydrogens is 375 g/mol. The Kier molecular flexibility index (Phi) is 5.01. The van der Waals surface area contributed by atoms with E-state index in [9.17, 15) is 9.18 Å². The molecular formula is C17H20BrFN4O. The summed E-state index contributed by atoms with van der Waals surface area (Å²) in [5.41, 5.74) is 7.06. The molecule has 5 nitrogen and oxygen atoms in total. The standard InChI is InChI=1S/C17H20BrFN4O/c1-11(20)12-3-2-8-22(9-12)17(24)16-15(18)10-23(21-16)14-6-4-13(19)5-7-14/h4-7,10-12H,2-3,8-9,20H2,1H3. The predicted octanol–water partition coefficient (Wildman–Crippen LogP) is 2.97. The highest BCUT2D eigenvalue weighted by Crippen LogP contribution is 2.24. The van der Waals surface area contributed by atoms with Crippen molar-refractivity contribution >= 4 is 21.8 Å². The Labute approximate surface area is 148 Å². The zero-order valence-corrected chi connectivity index (χ0v) is 15.0. The first kappa shape index (κ1) is 17.1. The number of hydrogen-bond acceptors (Lipinski definition) is 3. The number of halogens is 2. The lowest BCUT2D eigenvalue weighted by molar-refractivity contribution is 0.0653. The molecule has 1 saturated heterocycles. The van der Waals surface area contributed by atoms with E-state index in [1.54, 1.807) is 23.0 Å². The lowest BCUT2D eigenvalue weighted by Gasteiger charge is -2.34. The number of hydrogen-bond donors (Lipinski definition) is 1. The molecule has 1 aromatic heterocycles. The third-order valence-electron chi connectivity index (χ3n) is 4.45. The van der Waals surface area contributed by atoms with Crippen molar-refractivity contribution in [2.45, 2.75) is 25.8 Å². The van der Waals surface area contributed by atoms with E-state index in [1.807, 2.05) is 11.8 Å². The molecule has 0 saturated carbocycles. The Hall–Kier alpha value is -1.73. The molecule has 0 radical (unpaired) electrons. The topological polar surface area (TPSA) is 64.2 Å². The molecule has 24 heavy (non-hydrogen) atoms. The summed E-state index contributed by atoms with van der Waals surface area (Å²) in [5, 5.41) is 4.38. The van der Waals surface area contributed by atoms with Crippen LogP contribution in [0.25, 0.3) is 5.69 Å². The number of piperidine rings is 1. The fourth-order valence-electron chi connectivity index (χ4n) is 3.00. The van der Waals surface area contributed by atoms with Gasteiger partial charge in [-0.3, -0.25) is 4.79 Å². The minimum atomic E-state index is -0.309. The van der Waals surface area contributed by atoms with E-state index in [-0.39, 0.29) is 17.8 Å². The summed E-state index contributed by atoms with van der Waals surface area (Å²) < 4.78 is 15.2. The molecule has 2 atom stereocenters. The fraction of sp³-hybridized carbons (Fsp3) is 0.412. The van der Waals surface area contributed by atoms with Gasteiger partial charge in [-0.25, -0.2) is 9.07 Å².